The summed E-state index contributed by atoms with van der Waals surface area (Å²) >= 11 is 0. The number of carboxylic acids is 1. The van der Waals surface area contributed by atoms with Crippen LogP contribution < -0.4 is 0 Å². The first-order chi connectivity index (χ1) is 16.9. The normalized spacial score (nSPS) is 12.9. The molecular formula is C27H27FN4O3. The summed E-state index contributed by atoms with van der Waals surface area (Å²) in [6.07, 6.45) is 3.02. The number of aromatic nitrogens is 4. The SMILES string of the molecule is C[C@H](CCn1c(-c2ccccc2)nc(-c2ccncn2)c1-c1ccc(F)cc1)C[C@@H](O)CC(=O)O. The molecule has 2 atom stereocenters. The molecule has 7 nitrogen and oxygen atoms in total. The molecule has 0 amide bonds. The van der Waals surface area contributed by atoms with Crippen LogP contribution in [0, 0.1) is 11.7 Å². The molecule has 2 heterocycles. The number of aliphatic hydroxyl groups excluding tert-OH is 1. The van der Waals surface area contributed by atoms with Gasteiger partial charge in [0.05, 0.1) is 23.9 Å². The van der Waals surface area contributed by atoms with Crippen LogP contribution in [0.4, 0.5) is 4.39 Å². The third-order valence-corrected chi connectivity index (χ3v) is 5.87. The summed E-state index contributed by atoms with van der Waals surface area (Å²) in [6.45, 7) is 2.56. The highest BCUT2D eigenvalue weighted by Crippen LogP contribution is 2.36. The standard InChI is InChI=1S/C27H27FN4O3/c1-18(15-22(33)16-24(34)35)12-14-32-26(19-7-9-21(28)10-8-19)25(23-11-13-29-17-30-23)31-27(32)20-5-3-2-4-6-20/h2-11,13,17-18,22,33H,12,14-16H2,1H3,(H,34,35)/t18-,22-/m1/s1. The lowest BCUT2D eigenvalue weighted by Gasteiger charge is -2.18. The predicted octanol–water partition coefficient (Wildman–Crippen LogP) is 5.07. The number of carboxylic acid groups (broad SMARTS) is 1. The topological polar surface area (TPSA) is 101 Å². The minimum Gasteiger partial charge on any atom is -0.481 e. The Hall–Kier alpha value is -3.91. The highest BCUT2D eigenvalue weighted by Gasteiger charge is 2.23. The molecule has 4 aromatic rings. The van der Waals surface area contributed by atoms with Gasteiger partial charge in [0.15, 0.2) is 0 Å². The number of aliphatic carboxylic acids is 1. The van der Waals surface area contributed by atoms with Gasteiger partial charge >= 0.3 is 5.97 Å². The van der Waals surface area contributed by atoms with E-state index in [0.717, 1.165) is 22.6 Å². The van der Waals surface area contributed by atoms with Crippen LogP contribution in [0.2, 0.25) is 0 Å². The molecule has 0 aliphatic rings. The molecule has 0 unspecified atom stereocenters. The quantitative estimate of drug-likeness (QED) is 0.333. The zero-order valence-corrected chi connectivity index (χ0v) is 19.4. The Kier molecular flexibility index (Phi) is 7.62. The zero-order valence-electron chi connectivity index (χ0n) is 19.4. The summed E-state index contributed by atoms with van der Waals surface area (Å²) in [5.41, 5.74) is 3.85. The van der Waals surface area contributed by atoms with Crippen molar-refractivity contribution in [2.75, 3.05) is 0 Å². The van der Waals surface area contributed by atoms with Gasteiger partial charge in [-0.1, -0.05) is 37.3 Å². The van der Waals surface area contributed by atoms with E-state index < -0.39 is 12.1 Å². The number of aliphatic hydroxyl groups is 1. The van der Waals surface area contributed by atoms with Crippen molar-refractivity contribution in [1.29, 1.82) is 0 Å². The van der Waals surface area contributed by atoms with E-state index in [2.05, 4.69) is 14.5 Å². The number of hydrogen-bond acceptors (Lipinski definition) is 5. The van der Waals surface area contributed by atoms with Gasteiger partial charge in [0.1, 0.15) is 23.7 Å². The van der Waals surface area contributed by atoms with Gasteiger partial charge in [-0.15, -0.1) is 0 Å². The van der Waals surface area contributed by atoms with Crippen LogP contribution in [-0.4, -0.2) is 41.8 Å². The van der Waals surface area contributed by atoms with Crippen LogP contribution in [-0.2, 0) is 11.3 Å². The summed E-state index contributed by atoms with van der Waals surface area (Å²) < 4.78 is 15.9. The molecule has 0 fully saturated rings. The van der Waals surface area contributed by atoms with Crippen molar-refractivity contribution < 1.29 is 19.4 Å². The highest BCUT2D eigenvalue weighted by atomic mass is 19.1. The highest BCUT2D eigenvalue weighted by molar-refractivity contribution is 5.80. The van der Waals surface area contributed by atoms with Gasteiger partial charge in [0.2, 0.25) is 0 Å². The van der Waals surface area contributed by atoms with Crippen molar-refractivity contribution in [3.63, 3.8) is 0 Å². The molecule has 0 spiro atoms. The largest absolute Gasteiger partial charge is 0.481 e. The van der Waals surface area contributed by atoms with Gasteiger partial charge in [0.25, 0.3) is 0 Å². The molecule has 2 aromatic carbocycles. The molecule has 35 heavy (non-hydrogen) atoms. The van der Waals surface area contributed by atoms with E-state index >= 15 is 0 Å². The Morgan fingerprint density at radius 3 is 2.46 bits per heavy atom. The Labute approximate surface area is 203 Å². The molecule has 0 bridgehead atoms. The van der Waals surface area contributed by atoms with E-state index in [9.17, 15) is 14.3 Å². The molecule has 2 N–H and O–H groups in total. The van der Waals surface area contributed by atoms with Gasteiger partial charge < -0.3 is 14.8 Å². The molecule has 0 aliphatic heterocycles. The third-order valence-electron chi connectivity index (χ3n) is 5.87. The smallest absolute Gasteiger partial charge is 0.305 e. The fourth-order valence-electron chi connectivity index (χ4n) is 4.20. The van der Waals surface area contributed by atoms with Gasteiger partial charge in [0, 0.05) is 23.9 Å². The second-order valence-corrected chi connectivity index (χ2v) is 8.63. The van der Waals surface area contributed by atoms with Crippen LogP contribution in [0.25, 0.3) is 34.0 Å². The second kappa shape index (κ2) is 11.0. The van der Waals surface area contributed by atoms with Crippen molar-refractivity contribution in [3.05, 3.63) is 79.0 Å². The lowest BCUT2D eigenvalue weighted by molar-refractivity contribution is -0.139. The van der Waals surface area contributed by atoms with Gasteiger partial charge in [-0.25, -0.2) is 19.3 Å². The molecule has 4 rings (SSSR count). The molecule has 0 saturated carbocycles. The summed E-state index contributed by atoms with van der Waals surface area (Å²) in [5.74, 6) is -0.526. The summed E-state index contributed by atoms with van der Waals surface area (Å²) in [4.78, 5) is 24.3. The Morgan fingerprint density at radius 2 is 1.80 bits per heavy atom. The molecule has 0 radical (unpaired) electrons. The van der Waals surface area contributed by atoms with Crippen LogP contribution in [0.15, 0.2) is 73.2 Å². The monoisotopic (exact) mass is 474 g/mol. The number of benzene rings is 2. The minimum atomic E-state index is -1.02. The fraction of sp³-hybridized carbons (Fsp3) is 0.259. The molecule has 2 aromatic heterocycles. The average molecular weight is 475 g/mol. The van der Waals surface area contributed by atoms with Crippen LogP contribution >= 0.6 is 0 Å². The van der Waals surface area contributed by atoms with Crippen molar-refractivity contribution >= 4 is 5.97 Å². The van der Waals surface area contributed by atoms with Crippen molar-refractivity contribution in [1.82, 2.24) is 19.5 Å². The molecule has 180 valence electrons. The van der Waals surface area contributed by atoms with Gasteiger partial charge in [-0.05, 0) is 49.1 Å². The lowest BCUT2D eigenvalue weighted by Crippen LogP contribution is -2.17. The summed E-state index contributed by atoms with van der Waals surface area (Å²) in [5, 5.41) is 19.0. The fourth-order valence-corrected chi connectivity index (χ4v) is 4.20. The number of halogens is 1. The number of carbonyl (C=O) groups is 1. The van der Waals surface area contributed by atoms with E-state index in [1.807, 2.05) is 37.3 Å². The second-order valence-electron chi connectivity index (χ2n) is 8.63. The average Bonchev–Trinajstić information content (AvgIpc) is 3.23. The molecule has 0 aliphatic carbocycles. The minimum absolute atomic E-state index is 0.0685. The molecule has 0 saturated heterocycles. The number of rotatable bonds is 10. The van der Waals surface area contributed by atoms with E-state index in [4.69, 9.17) is 10.1 Å². The first-order valence-corrected chi connectivity index (χ1v) is 11.5. The Balaban J connectivity index is 1.78. The van der Waals surface area contributed by atoms with E-state index in [0.29, 0.717) is 30.8 Å². The van der Waals surface area contributed by atoms with Crippen molar-refractivity contribution in [3.8, 4) is 34.0 Å². The first-order valence-electron chi connectivity index (χ1n) is 11.5. The Bertz CT molecular complexity index is 1260. The third kappa shape index (κ3) is 5.96. The molecular weight excluding hydrogens is 447 g/mol. The molecule has 8 heteroatoms. The van der Waals surface area contributed by atoms with Crippen LogP contribution in [0.1, 0.15) is 26.2 Å². The lowest BCUT2D eigenvalue weighted by atomic mass is 9.98. The zero-order chi connectivity index (χ0) is 24.8. The first kappa shape index (κ1) is 24.2. The Morgan fingerprint density at radius 1 is 1.06 bits per heavy atom. The summed E-state index contributed by atoms with van der Waals surface area (Å²) in [6, 6.07) is 17.9. The number of hydrogen-bond donors (Lipinski definition) is 2. The van der Waals surface area contributed by atoms with Gasteiger partial charge in [-0.2, -0.15) is 0 Å². The predicted molar refractivity (Wildman–Crippen MR) is 131 cm³/mol. The summed E-state index contributed by atoms with van der Waals surface area (Å²) in [7, 11) is 0. The maximum atomic E-state index is 13.8. The van der Waals surface area contributed by atoms with Crippen molar-refractivity contribution in [2.45, 2.75) is 38.8 Å². The van der Waals surface area contributed by atoms with Crippen LogP contribution in [0.5, 0.6) is 0 Å². The number of imidazole rings is 1. The maximum absolute atomic E-state index is 13.8. The van der Waals surface area contributed by atoms with Gasteiger partial charge in [-0.3, -0.25) is 4.79 Å². The van der Waals surface area contributed by atoms with Crippen molar-refractivity contribution in [2.24, 2.45) is 5.92 Å². The van der Waals surface area contributed by atoms with E-state index in [1.54, 1.807) is 24.4 Å². The van der Waals surface area contributed by atoms with E-state index in [-0.39, 0.29) is 18.2 Å². The number of nitrogens with zero attached hydrogens (tertiary/aromatic N) is 4. The van der Waals surface area contributed by atoms with Crippen LogP contribution in [0.3, 0.4) is 0 Å². The van der Waals surface area contributed by atoms with E-state index in [1.165, 1.54) is 18.5 Å². The maximum Gasteiger partial charge on any atom is 0.305 e.